The maximum Gasteiger partial charge on any atom is 0.293 e. The number of carbonyl (C=O) groups excluding carboxylic acids is 2. The number of hydrogen-bond acceptors (Lipinski definition) is 6. The van der Waals surface area contributed by atoms with E-state index < -0.39 is 11.1 Å². The van der Waals surface area contributed by atoms with Crippen LogP contribution in [0.5, 0.6) is 17.2 Å². The van der Waals surface area contributed by atoms with Crippen molar-refractivity contribution in [3.05, 3.63) is 56.9 Å². The maximum atomic E-state index is 12.6. The van der Waals surface area contributed by atoms with Crippen LogP contribution in [0.3, 0.4) is 0 Å². The van der Waals surface area contributed by atoms with Crippen LogP contribution in [0.2, 0.25) is 10.0 Å². The number of amides is 2. The van der Waals surface area contributed by atoms with Gasteiger partial charge < -0.3 is 14.6 Å². The molecule has 0 radical (unpaired) electrons. The number of phenols is 1. The minimum absolute atomic E-state index is 0.0815. The van der Waals surface area contributed by atoms with E-state index in [0.717, 1.165) is 16.7 Å². The molecule has 2 aromatic rings. The first-order valence-electron chi connectivity index (χ1n) is 8.10. The molecule has 28 heavy (non-hydrogen) atoms. The fraction of sp³-hybridized carbons (Fsp3) is 0.158. The largest absolute Gasteiger partial charge is 0.503 e. The summed E-state index contributed by atoms with van der Waals surface area (Å²) in [5, 5.41) is 9.94. The highest BCUT2D eigenvalue weighted by molar-refractivity contribution is 8.18. The zero-order valence-electron chi connectivity index (χ0n) is 14.6. The number of halogens is 2. The predicted molar refractivity (Wildman–Crippen MR) is 109 cm³/mol. The number of nitrogens with zero attached hydrogens (tertiary/aromatic N) is 1. The molecule has 3 rings (SSSR count). The van der Waals surface area contributed by atoms with E-state index in [2.05, 4.69) is 0 Å². The van der Waals surface area contributed by atoms with Crippen LogP contribution in [0.1, 0.15) is 5.56 Å². The number of rotatable bonds is 6. The second-order valence-corrected chi connectivity index (χ2v) is 7.47. The zero-order chi connectivity index (χ0) is 20.3. The molecule has 0 spiro atoms. The Kier molecular flexibility index (Phi) is 6.39. The standard InChI is InChI=1S/C19H15Cl2NO5S/c1-26-15-9-11(8-13(21)17(15)23)10-16-18(24)22(19(25)28-16)6-7-27-14-5-3-2-4-12(14)20/h2-5,8-10,23H,6-7H2,1H3/b16-10-. The van der Waals surface area contributed by atoms with Crippen LogP contribution in [0.15, 0.2) is 41.3 Å². The molecule has 1 saturated heterocycles. The minimum Gasteiger partial charge on any atom is -0.503 e. The average Bonchev–Trinajstić information content (AvgIpc) is 2.93. The quantitative estimate of drug-likeness (QED) is 0.649. The van der Waals surface area contributed by atoms with Crippen molar-refractivity contribution in [3.8, 4) is 17.2 Å². The van der Waals surface area contributed by atoms with E-state index in [1.54, 1.807) is 24.3 Å². The lowest BCUT2D eigenvalue weighted by Crippen LogP contribution is -2.32. The van der Waals surface area contributed by atoms with E-state index >= 15 is 0 Å². The molecule has 1 aliphatic heterocycles. The zero-order valence-corrected chi connectivity index (χ0v) is 17.0. The maximum absolute atomic E-state index is 12.6. The third kappa shape index (κ3) is 4.38. The molecular weight excluding hydrogens is 425 g/mol. The van der Waals surface area contributed by atoms with Gasteiger partial charge in [-0.15, -0.1) is 0 Å². The van der Waals surface area contributed by atoms with Crippen LogP contribution in [0.4, 0.5) is 4.79 Å². The SMILES string of the molecule is COc1cc(/C=C2\SC(=O)N(CCOc3ccccc3Cl)C2=O)cc(Cl)c1O. The van der Waals surface area contributed by atoms with Gasteiger partial charge in [0.25, 0.3) is 11.1 Å². The van der Waals surface area contributed by atoms with Crippen molar-refractivity contribution in [2.24, 2.45) is 0 Å². The monoisotopic (exact) mass is 439 g/mol. The minimum atomic E-state index is -0.430. The molecule has 6 nitrogen and oxygen atoms in total. The van der Waals surface area contributed by atoms with Gasteiger partial charge in [-0.3, -0.25) is 14.5 Å². The highest BCUT2D eigenvalue weighted by atomic mass is 35.5. The summed E-state index contributed by atoms with van der Waals surface area (Å²) in [6.07, 6.45) is 1.52. The first-order valence-corrected chi connectivity index (χ1v) is 9.67. The fourth-order valence-electron chi connectivity index (χ4n) is 2.49. The Morgan fingerprint density at radius 1 is 1.14 bits per heavy atom. The summed E-state index contributed by atoms with van der Waals surface area (Å²) < 4.78 is 10.6. The predicted octanol–water partition coefficient (Wildman–Crippen LogP) is 4.82. The van der Waals surface area contributed by atoms with E-state index in [1.165, 1.54) is 25.3 Å². The topological polar surface area (TPSA) is 76.1 Å². The van der Waals surface area contributed by atoms with Gasteiger partial charge in [0.05, 0.1) is 28.6 Å². The lowest BCUT2D eigenvalue weighted by molar-refractivity contribution is -0.123. The number of benzene rings is 2. The summed E-state index contributed by atoms with van der Waals surface area (Å²) in [5.74, 6) is 0.0377. The Morgan fingerprint density at radius 3 is 2.61 bits per heavy atom. The van der Waals surface area contributed by atoms with Crippen molar-refractivity contribution in [3.63, 3.8) is 0 Å². The van der Waals surface area contributed by atoms with Crippen molar-refractivity contribution in [1.29, 1.82) is 0 Å². The molecule has 0 saturated carbocycles. The van der Waals surface area contributed by atoms with Gasteiger partial charge in [-0.25, -0.2) is 0 Å². The van der Waals surface area contributed by atoms with Crippen LogP contribution in [0.25, 0.3) is 6.08 Å². The Balaban J connectivity index is 1.70. The molecule has 2 amide bonds. The van der Waals surface area contributed by atoms with Crippen molar-refractivity contribution in [1.82, 2.24) is 4.90 Å². The normalized spacial score (nSPS) is 15.4. The summed E-state index contributed by atoms with van der Waals surface area (Å²) in [7, 11) is 1.39. The Bertz CT molecular complexity index is 963. The van der Waals surface area contributed by atoms with Crippen molar-refractivity contribution in [2.75, 3.05) is 20.3 Å². The van der Waals surface area contributed by atoms with Crippen LogP contribution < -0.4 is 9.47 Å². The molecule has 0 atom stereocenters. The molecule has 0 bridgehead atoms. The molecule has 1 fully saturated rings. The first kappa shape index (κ1) is 20.4. The van der Waals surface area contributed by atoms with Gasteiger partial charge in [0.15, 0.2) is 11.5 Å². The number of imide groups is 1. The summed E-state index contributed by atoms with van der Waals surface area (Å²) in [6, 6.07) is 9.96. The average molecular weight is 440 g/mol. The molecule has 0 aliphatic carbocycles. The van der Waals surface area contributed by atoms with Gasteiger partial charge in [0, 0.05) is 0 Å². The van der Waals surface area contributed by atoms with Crippen molar-refractivity contribution < 1.29 is 24.2 Å². The van der Waals surface area contributed by atoms with Gasteiger partial charge in [0.1, 0.15) is 12.4 Å². The third-order valence-corrected chi connectivity index (χ3v) is 5.36. The molecule has 0 unspecified atom stereocenters. The second-order valence-electron chi connectivity index (χ2n) is 5.67. The van der Waals surface area contributed by atoms with Gasteiger partial charge in [-0.05, 0) is 47.7 Å². The molecule has 1 heterocycles. The molecule has 2 aromatic carbocycles. The van der Waals surface area contributed by atoms with E-state index in [4.69, 9.17) is 32.7 Å². The number of ether oxygens (including phenoxy) is 2. The van der Waals surface area contributed by atoms with E-state index in [-0.39, 0.29) is 34.6 Å². The van der Waals surface area contributed by atoms with Crippen molar-refractivity contribution >= 4 is 52.2 Å². The summed E-state index contributed by atoms with van der Waals surface area (Å²) in [4.78, 5) is 26.1. The number of phenolic OH excluding ortho intramolecular Hbond substituents is 1. The fourth-order valence-corrected chi connectivity index (χ4v) is 3.76. The number of hydrogen-bond donors (Lipinski definition) is 1. The Labute approximate surface area is 175 Å². The van der Waals surface area contributed by atoms with Gasteiger partial charge in [0.2, 0.25) is 0 Å². The van der Waals surface area contributed by atoms with Crippen LogP contribution >= 0.6 is 35.0 Å². The molecular formula is C19H15Cl2NO5S. The summed E-state index contributed by atoms with van der Waals surface area (Å²) >= 11 is 12.8. The smallest absolute Gasteiger partial charge is 0.293 e. The van der Waals surface area contributed by atoms with Gasteiger partial charge in [-0.1, -0.05) is 35.3 Å². The van der Waals surface area contributed by atoms with Crippen LogP contribution in [0, 0.1) is 0 Å². The van der Waals surface area contributed by atoms with E-state index in [1.807, 2.05) is 0 Å². The van der Waals surface area contributed by atoms with Crippen molar-refractivity contribution in [2.45, 2.75) is 0 Å². The molecule has 1 N–H and O–H groups in total. The molecule has 0 aromatic heterocycles. The first-order chi connectivity index (χ1) is 13.4. The Morgan fingerprint density at radius 2 is 1.89 bits per heavy atom. The van der Waals surface area contributed by atoms with E-state index in [0.29, 0.717) is 16.3 Å². The second kappa shape index (κ2) is 8.77. The molecule has 146 valence electrons. The van der Waals surface area contributed by atoms with Gasteiger partial charge in [-0.2, -0.15) is 0 Å². The number of aromatic hydroxyl groups is 1. The highest BCUT2D eigenvalue weighted by Crippen LogP contribution is 2.38. The van der Waals surface area contributed by atoms with E-state index in [9.17, 15) is 14.7 Å². The third-order valence-electron chi connectivity index (χ3n) is 3.85. The molecule has 9 heteroatoms. The Hall–Kier alpha value is -2.35. The lowest BCUT2D eigenvalue weighted by atomic mass is 10.2. The number of carbonyl (C=O) groups is 2. The number of para-hydroxylation sites is 1. The summed E-state index contributed by atoms with van der Waals surface area (Å²) in [5.41, 5.74) is 0.525. The summed E-state index contributed by atoms with van der Waals surface area (Å²) in [6.45, 7) is 0.209. The highest BCUT2D eigenvalue weighted by Gasteiger charge is 2.34. The van der Waals surface area contributed by atoms with Gasteiger partial charge >= 0.3 is 0 Å². The number of thioether (sulfide) groups is 1. The lowest BCUT2D eigenvalue weighted by Gasteiger charge is -2.13. The van der Waals surface area contributed by atoms with Crippen LogP contribution in [-0.2, 0) is 4.79 Å². The molecule has 1 aliphatic rings. The number of methoxy groups -OCH3 is 1. The van der Waals surface area contributed by atoms with Crippen LogP contribution in [-0.4, -0.2) is 41.4 Å².